The van der Waals surface area contributed by atoms with Crippen molar-refractivity contribution < 1.29 is 0 Å². The Morgan fingerprint density at radius 1 is 0.202 bits per heavy atom. The average Bonchev–Trinajstić information content (AvgIpc) is 0.764. The lowest BCUT2D eigenvalue weighted by Crippen LogP contribution is -2.10. The van der Waals surface area contributed by atoms with Crippen molar-refractivity contribution in [2.24, 2.45) is 17.8 Å². The molecule has 530 valence electrons. The van der Waals surface area contributed by atoms with Crippen LogP contribution in [0.5, 0.6) is 0 Å². The van der Waals surface area contributed by atoms with Gasteiger partial charge in [-0.15, -0.1) is 0 Å². The Morgan fingerprint density at radius 3 is 0.779 bits per heavy atom. The second-order valence-electron chi connectivity index (χ2n) is 30.5. The highest BCUT2D eigenvalue weighted by Crippen LogP contribution is 2.37. The SMILES string of the molecule is CC1CCC(C)CC1.Cc1c2ccccc2c(C)c2ccccc12.Cc1ccc(-c2ccc(C)cc2)cc1.Cc1ccc(C)c2ccccc12.Cc1ccc(C2CCC(C)CC2)cc1.Cc1cccc2c(C)cccc12.Cc1cccc2cc3c(C)cccc3cc12.Cc1cccc2cccc(C)c12. The number of hydrogen-bond donors (Lipinski definition) is 0. The van der Waals surface area contributed by atoms with E-state index in [1.54, 1.807) is 5.56 Å². The summed E-state index contributed by atoms with van der Waals surface area (Å²) >= 11 is 0. The minimum atomic E-state index is 0.840. The van der Waals surface area contributed by atoms with Crippen LogP contribution >= 0.6 is 0 Å². The van der Waals surface area contributed by atoms with Gasteiger partial charge in [-0.3, -0.25) is 0 Å². The van der Waals surface area contributed by atoms with E-state index in [2.05, 4.69) is 390 Å². The first kappa shape index (κ1) is 76.8. The molecule has 2 aliphatic carbocycles. The van der Waals surface area contributed by atoms with Gasteiger partial charge in [0.1, 0.15) is 0 Å². The van der Waals surface area contributed by atoms with Gasteiger partial charge in [-0.05, 0) is 286 Å². The Hall–Kier alpha value is -9.88. The van der Waals surface area contributed by atoms with E-state index in [0.717, 1.165) is 23.7 Å². The smallest absolute Gasteiger partial charge is 0.0125 e. The normalized spacial score (nSPS) is 15.2. The molecule has 0 radical (unpaired) electrons. The summed E-state index contributed by atoms with van der Waals surface area (Å²) < 4.78 is 0. The van der Waals surface area contributed by atoms with Gasteiger partial charge in [-0.1, -0.05) is 343 Å². The second kappa shape index (κ2) is 37.0. The summed E-state index contributed by atoms with van der Waals surface area (Å²) in [5, 5.41) is 19.1. The van der Waals surface area contributed by atoms with Gasteiger partial charge in [-0.2, -0.15) is 0 Å². The van der Waals surface area contributed by atoms with Crippen LogP contribution in [0.1, 0.15) is 156 Å². The summed E-state index contributed by atoms with van der Waals surface area (Å²) in [6, 6.07) is 99.9. The van der Waals surface area contributed by atoms with Crippen LogP contribution in [0.2, 0.25) is 0 Å². The van der Waals surface area contributed by atoms with Gasteiger partial charge >= 0.3 is 0 Å². The van der Waals surface area contributed by atoms with Gasteiger partial charge in [0.25, 0.3) is 0 Å². The number of rotatable bonds is 2. The molecule has 0 unspecified atom stereocenters. The quantitative estimate of drug-likeness (QED) is 0.151. The topological polar surface area (TPSA) is 0 Å². The molecular weight excluding hydrogens is 1250 g/mol. The zero-order valence-electron chi connectivity index (χ0n) is 65.5. The first-order valence-corrected chi connectivity index (χ1v) is 38.5. The summed E-state index contributed by atoms with van der Waals surface area (Å²) in [5.74, 6) is 3.83. The number of aryl methyl sites for hydroxylation is 13. The summed E-state index contributed by atoms with van der Waals surface area (Å²) in [5.41, 5.74) is 21.7. The third kappa shape index (κ3) is 20.3. The predicted molar refractivity (Wildman–Crippen MR) is 462 cm³/mol. The van der Waals surface area contributed by atoms with E-state index < -0.39 is 0 Å². The molecule has 0 heterocycles. The maximum absolute atomic E-state index is 2.38. The van der Waals surface area contributed by atoms with Crippen LogP contribution in [0.4, 0.5) is 0 Å². The number of fused-ring (bicyclic) bond motifs is 7. The van der Waals surface area contributed by atoms with Crippen molar-refractivity contribution in [1.82, 2.24) is 0 Å². The Labute approximate surface area is 625 Å². The van der Waals surface area contributed by atoms with E-state index in [0.29, 0.717) is 0 Å². The van der Waals surface area contributed by atoms with Gasteiger partial charge in [-0.25, -0.2) is 0 Å². The summed E-state index contributed by atoms with van der Waals surface area (Å²) in [7, 11) is 0. The lowest BCUT2D eigenvalue weighted by Gasteiger charge is -2.26. The maximum Gasteiger partial charge on any atom is -0.0125 e. The van der Waals surface area contributed by atoms with Gasteiger partial charge in [0.15, 0.2) is 0 Å². The van der Waals surface area contributed by atoms with Gasteiger partial charge in [0.2, 0.25) is 0 Å². The molecular formula is C104H114. The average molecular weight is 1360 g/mol. The van der Waals surface area contributed by atoms with Crippen molar-refractivity contribution in [2.45, 2.75) is 168 Å². The molecule has 0 spiro atoms. The molecule has 0 amide bonds. The fourth-order valence-electron chi connectivity index (χ4n) is 15.3. The van der Waals surface area contributed by atoms with E-state index in [1.807, 2.05) is 0 Å². The van der Waals surface area contributed by atoms with Gasteiger partial charge in [0, 0.05) is 0 Å². The molecule has 0 heteroatoms. The molecule has 15 aromatic carbocycles. The summed E-state index contributed by atoms with van der Waals surface area (Å²) in [6.07, 6.45) is 11.5. The van der Waals surface area contributed by atoms with Crippen LogP contribution in [0.15, 0.2) is 279 Å². The Kier molecular flexibility index (Phi) is 27.3. The van der Waals surface area contributed by atoms with Crippen LogP contribution in [-0.4, -0.2) is 0 Å². The first-order valence-electron chi connectivity index (χ1n) is 38.5. The lowest BCUT2D eigenvalue weighted by atomic mass is 9.79. The zero-order chi connectivity index (χ0) is 73.8. The second-order valence-corrected chi connectivity index (χ2v) is 30.5. The standard InChI is InChI=1S/2C16H14.C14H20.C14H14.3C12H12.C8H16/c1-11-5-3-7-13-10-16-12(2)6-4-8-14(16)9-15(11)13;1-11-13-7-3-5-9-15(13)12(2)16-10-6-4-8-14(11)16;2*1-11-3-7-13(8-4-11)14-9-5-12(2)6-10-14;1-9-5-3-8-12-10(2)6-4-7-11(9)12;1-9-5-3-7-11-8-4-6-10(2)12(9)11;1-9-7-8-10(2)12-6-4-3-5-11(9)12;1-7-3-5-8(2)6-4-7/h2*3-10H,1-2H3;3-4,7-8,12,14H,5-6,9-10H2,1-2H3;3-10H,1-2H3;3*3-8H,1-2H3;7-8H,3-6H2,1-2H3. The first-order chi connectivity index (χ1) is 50.2. The maximum atomic E-state index is 2.38. The fraction of sp³-hybridized carbons (Fsp3) is 0.269. The van der Waals surface area contributed by atoms with E-state index in [9.17, 15) is 0 Å². The molecule has 2 saturated carbocycles. The minimum absolute atomic E-state index is 0.840. The van der Waals surface area contributed by atoms with E-state index in [1.165, 1.54) is 210 Å². The van der Waals surface area contributed by atoms with E-state index in [-0.39, 0.29) is 0 Å². The molecule has 15 aromatic rings. The monoisotopic (exact) mass is 1360 g/mol. The molecule has 2 aliphatic rings. The minimum Gasteiger partial charge on any atom is -0.0625 e. The zero-order valence-corrected chi connectivity index (χ0v) is 65.5. The van der Waals surface area contributed by atoms with Crippen LogP contribution in [0.25, 0.3) is 86.5 Å². The molecule has 0 atom stereocenters. The third-order valence-electron chi connectivity index (χ3n) is 22.1. The third-order valence-corrected chi connectivity index (χ3v) is 22.1. The lowest BCUT2D eigenvalue weighted by molar-refractivity contribution is 0.308. The van der Waals surface area contributed by atoms with Crippen molar-refractivity contribution in [3.8, 4) is 11.1 Å². The van der Waals surface area contributed by atoms with Crippen molar-refractivity contribution >= 4 is 75.4 Å². The number of hydrogen-bond acceptors (Lipinski definition) is 0. The Bertz CT molecular complexity index is 4870. The summed E-state index contributed by atoms with van der Waals surface area (Å²) in [6.45, 7) is 35.2. The molecule has 17 rings (SSSR count). The highest BCUT2D eigenvalue weighted by atomic mass is 14.2. The molecule has 0 nitrogen and oxygen atoms in total. The Morgan fingerprint density at radius 2 is 0.452 bits per heavy atom. The highest BCUT2D eigenvalue weighted by molar-refractivity contribution is 6.05. The molecule has 0 aromatic heterocycles. The van der Waals surface area contributed by atoms with Crippen LogP contribution < -0.4 is 0 Å². The van der Waals surface area contributed by atoms with Crippen LogP contribution in [0.3, 0.4) is 0 Å². The largest absolute Gasteiger partial charge is 0.0625 e. The molecule has 2 fully saturated rings. The van der Waals surface area contributed by atoms with Crippen LogP contribution in [0, 0.1) is 108 Å². The van der Waals surface area contributed by atoms with Gasteiger partial charge in [0.05, 0.1) is 0 Å². The molecule has 0 saturated heterocycles. The van der Waals surface area contributed by atoms with Crippen molar-refractivity contribution in [1.29, 1.82) is 0 Å². The number of benzene rings is 15. The summed E-state index contributed by atoms with van der Waals surface area (Å²) in [4.78, 5) is 0. The molecule has 0 bridgehead atoms. The van der Waals surface area contributed by atoms with E-state index in [4.69, 9.17) is 0 Å². The predicted octanol–water partition coefficient (Wildman–Crippen LogP) is 30.7. The van der Waals surface area contributed by atoms with Crippen molar-refractivity contribution in [2.75, 3.05) is 0 Å². The molecule has 0 N–H and O–H groups in total. The fourth-order valence-corrected chi connectivity index (χ4v) is 15.3. The van der Waals surface area contributed by atoms with Crippen molar-refractivity contribution in [3.63, 3.8) is 0 Å². The van der Waals surface area contributed by atoms with E-state index >= 15 is 0 Å². The van der Waals surface area contributed by atoms with Crippen molar-refractivity contribution in [3.05, 3.63) is 357 Å². The highest BCUT2D eigenvalue weighted by Gasteiger charge is 2.19. The molecule has 104 heavy (non-hydrogen) atoms. The van der Waals surface area contributed by atoms with Gasteiger partial charge < -0.3 is 0 Å². The molecule has 0 aliphatic heterocycles. The Balaban J connectivity index is 0.000000128. The van der Waals surface area contributed by atoms with Crippen LogP contribution in [-0.2, 0) is 0 Å².